The van der Waals surface area contributed by atoms with Crippen LogP contribution >= 0.6 is 0 Å². The number of unbranched alkanes of at least 4 members (excludes halogenated alkanes) is 1. The van der Waals surface area contributed by atoms with E-state index in [9.17, 15) is 8.42 Å². The minimum atomic E-state index is -3.13. The average Bonchev–Trinajstić information content (AvgIpc) is 2.12. The van der Waals surface area contributed by atoms with E-state index in [4.69, 9.17) is 5.73 Å². The first-order chi connectivity index (χ1) is 6.91. The van der Waals surface area contributed by atoms with E-state index in [1.54, 1.807) is 0 Å². The fourth-order valence-electron chi connectivity index (χ4n) is 1.41. The van der Waals surface area contributed by atoms with Crippen LogP contribution in [-0.4, -0.2) is 26.8 Å². The van der Waals surface area contributed by atoms with Crippen molar-refractivity contribution in [3.8, 4) is 0 Å². The minimum absolute atomic E-state index is 0.119. The molecule has 0 aliphatic rings. The van der Waals surface area contributed by atoms with Gasteiger partial charge < -0.3 is 5.73 Å². The third-order valence-corrected chi connectivity index (χ3v) is 3.67. The van der Waals surface area contributed by atoms with Crippen LogP contribution < -0.4 is 10.5 Å². The van der Waals surface area contributed by atoms with Gasteiger partial charge in [-0.25, -0.2) is 13.1 Å². The van der Waals surface area contributed by atoms with E-state index in [1.807, 2.05) is 6.92 Å². The fraction of sp³-hybridized carbons (Fsp3) is 1.00. The topological polar surface area (TPSA) is 72.2 Å². The summed E-state index contributed by atoms with van der Waals surface area (Å²) in [4.78, 5) is 0. The predicted molar refractivity (Wildman–Crippen MR) is 64.1 cm³/mol. The Morgan fingerprint density at radius 3 is 2.33 bits per heavy atom. The normalized spacial score (nSPS) is 14.5. The summed E-state index contributed by atoms with van der Waals surface area (Å²) in [5.74, 6) is 0.658. The zero-order valence-electron chi connectivity index (χ0n) is 9.99. The molecule has 0 spiro atoms. The van der Waals surface area contributed by atoms with Gasteiger partial charge in [0.25, 0.3) is 0 Å². The number of hydrogen-bond donors (Lipinski definition) is 2. The molecular weight excluding hydrogens is 212 g/mol. The molecule has 4 nitrogen and oxygen atoms in total. The molecule has 0 aromatic carbocycles. The van der Waals surface area contributed by atoms with E-state index in [-0.39, 0.29) is 11.8 Å². The number of hydrogen-bond acceptors (Lipinski definition) is 3. The maximum atomic E-state index is 11.6. The first kappa shape index (κ1) is 14.9. The van der Waals surface area contributed by atoms with Gasteiger partial charge in [0.15, 0.2) is 0 Å². The van der Waals surface area contributed by atoms with E-state index in [2.05, 4.69) is 18.6 Å². The first-order valence-corrected chi connectivity index (χ1v) is 7.26. The SMILES string of the molecule is CCCCS(=O)(=O)NC(CN)CC(C)C. The second-order valence-electron chi connectivity index (χ2n) is 4.35. The van der Waals surface area contributed by atoms with Gasteiger partial charge in [-0.2, -0.15) is 0 Å². The van der Waals surface area contributed by atoms with Crippen LogP contribution in [0.5, 0.6) is 0 Å². The first-order valence-electron chi connectivity index (χ1n) is 5.61. The molecule has 0 radical (unpaired) electrons. The van der Waals surface area contributed by atoms with Crippen LogP contribution in [-0.2, 0) is 10.0 Å². The van der Waals surface area contributed by atoms with Crippen LogP contribution in [0.25, 0.3) is 0 Å². The van der Waals surface area contributed by atoms with Crippen molar-refractivity contribution in [3.63, 3.8) is 0 Å². The zero-order chi connectivity index (χ0) is 11.9. The third-order valence-electron chi connectivity index (χ3n) is 2.15. The molecule has 0 rings (SSSR count). The summed E-state index contributed by atoms with van der Waals surface area (Å²) in [5, 5.41) is 0. The lowest BCUT2D eigenvalue weighted by molar-refractivity contribution is 0.464. The van der Waals surface area contributed by atoms with Gasteiger partial charge in [-0.15, -0.1) is 0 Å². The Hall–Kier alpha value is -0.130. The van der Waals surface area contributed by atoms with Gasteiger partial charge in [0.05, 0.1) is 5.75 Å². The van der Waals surface area contributed by atoms with Gasteiger partial charge in [-0.05, 0) is 18.8 Å². The molecule has 0 bridgehead atoms. The smallest absolute Gasteiger partial charge is 0.211 e. The van der Waals surface area contributed by atoms with E-state index >= 15 is 0 Å². The Labute approximate surface area is 93.7 Å². The standard InChI is InChI=1S/C10H24N2O2S/c1-4-5-6-15(13,14)12-10(8-11)7-9(2)3/h9-10,12H,4-8,11H2,1-3H3. The summed E-state index contributed by atoms with van der Waals surface area (Å²) in [5.41, 5.74) is 5.53. The minimum Gasteiger partial charge on any atom is -0.329 e. The lowest BCUT2D eigenvalue weighted by Crippen LogP contribution is -2.42. The number of nitrogens with two attached hydrogens (primary N) is 1. The van der Waals surface area contributed by atoms with Crippen molar-refractivity contribution in [3.05, 3.63) is 0 Å². The molecule has 92 valence electrons. The molecule has 0 aromatic rings. The summed E-state index contributed by atoms with van der Waals surface area (Å²) in [7, 11) is -3.13. The quantitative estimate of drug-likeness (QED) is 0.662. The molecule has 0 aliphatic heterocycles. The summed E-state index contributed by atoms with van der Waals surface area (Å²) >= 11 is 0. The van der Waals surface area contributed by atoms with Crippen LogP contribution in [0.1, 0.15) is 40.0 Å². The molecule has 0 saturated heterocycles. The highest BCUT2D eigenvalue weighted by Gasteiger charge is 2.16. The summed E-state index contributed by atoms with van der Waals surface area (Å²) in [6.45, 7) is 6.46. The van der Waals surface area contributed by atoms with Crippen molar-refractivity contribution in [2.45, 2.75) is 46.1 Å². The summed E-state index contributed by atoms with van der Waals surface area (Å²) in [6, 6.07) is -0.119. The van der Waals surface area contributed by atoms with Crippen LogP contribution in [0.4, 0.5) is 0 Å². The van der Waals surface area contributed by atoms with Crippen molar-refractivity contribution in [1.29, 1.82) is 0 Å². The van der Waals surface area contributed by atoms with E-state index in [1.165, 1.54) is 0 Å². The van der Waals surface area contributed by atoms with Gasteiger partial charge in [0.1, 0.15) is 0 Å². The monoisotopic (exact) mass is 236 g/mol. The Kier molecular flexibility index (Phi) is 7.13. The maximum absolute atomic E-state index is 11.6. The third kappa shape index (κ3) is 7.76. The van der Waals surface area contributed by atoms with Gasteiger partial charge in [0.2, 0.25) is 10.0 Å². The number of sulfonamides is 1. The van der Waals surface area contributed by atoms with Crippen molar-refractivity contribution < 1.29 is 8.42 Å². The largest absolute Gasteiger partial charge is 0.329 e. The van der Waals surface area contributed by atoms with Crippen molar-refractivity contribution in [2.75, 3.05) is 12.3 Å². The van der Waals surface area contributed by atoms with Gasteiger partial charge in [-0.3, -0.25) is 0 Å². The lowest BCUT2D eigenvalue weighted by Gasteiger charge is -2.18. The molecule has 0 amide bonds. The van der Waals surface area contributed by atoms with Gasteiger partial charge in [0, 0.05) is 12.6 Å². The summed E-state index contributed by atoms with van der Waals surface area (Å²) < 4.78 is 25.8. The zero-order valence-corrected chi connectivity index (χ0v) is 10.8. The Morgan fingerprint density at radius 1 is 1.33 bits per heavy atom. The molecule has 15 heavy (non-hydrogen) atoms. The predicted octanol–water partition coefficient (Wildman–Crippen LogP) is 1.08. The molecule has 0 saturated carbocycles. The summed E-state index contributed by atoms with van der Waals surface area (Å²) in [6.07, 6.45) is 2.38. The number of rotatable bonds is 8. The molecule has 1 atom stereocenters. The van der Waals surface area contributed by atoms with Gasteiger partial charge in [-0.1, -0.05) is 27.2 Å². The lowest BCUT2D eigenvalue weighted by atomic mass is 10.1. The molecule has 0 heterocycles. The fourth-order valence-corrected chi connectivity index (χ4v) is 2.90. The van der Waals surface area contributed by atoms with Crippen molar-refractivity contribution in [2.24, 2.45) is 11.7 Å². The molecular formula is C10H24N2O2S. The Morgan fingerprint density at radius 2 is 1.93 bits per heavy atom. The molecule has 1 unspecified atom stereocenters. The van der Waals surface area contributed by atoms with Crippen LogP contribution in [0.2, 0.25) is 0 Å². The molecule has 0 aromatic heterocycles. The van der Waals surface area contributed by atoms with Crippen LogP contribution in [0.3, 0.4) is 0 Å². The van der Waals surface area contributed by atoms with E-state index < -0.39 is 10.0 Å². The average molecular weight is 236 g/mol. The van der Waals surface area contributed by atoms with E-state index in [0.29, 0.717) is 18.9 Å². The highest BCUT2D eigenvalue weighted by Crippen LogP contribution is 2.05. The highest BCUT2D eigenvalue weighted by atomic mass is 32.2. The van der Waals surface area contributed by atoms with Gasteiger partial charge >= 0.3 is 0 Å². The second kappa shape index (κ2) is 7.19. The molecule has 5 heteroatoms. The Bertz CT molecular complexity index is 250. The van der Waals surface area contributed by atoms with Crippen LogP contribution in [0.15, 0.2) is 0 Å². The maximum Gasteiger partial charge on any atom is 0.211 e. The van der Waals surface area contributed by atoms with Crippen molar-refractivity contribution >= 4 is 10.0 Å². The molecule has 0 fully saturated rings. The van der Waals surface area contributed by atoms with Crippen molar-refractivity contribution in [1.82, 2.24) is 4.72 Å². The van der Waals surface area contributed by atoms with Crippen LogP contribution in [0, 0.1) is 5.92 Å². The second-order valence-corrected chi connectivity index (χ2v) is 6.23. The number of nitrogens with one attached hydrogen (secondary N) is 1. The Balaban J connectivity index is 4.15. The molecule has 3 N–H and O–H groups in total. The van der Waals surface area contributed by atoms with E-state index in [0.717, 1.165) is 12.8 Å². The molecule has 0 aliphatic carbocycles. The highest BCUT2D eigenvalue weighted by molar-refractivity contribution is 7.89.